The van der Waals surface area contributed by atoms with E-state index in [1.54, 1.807) is 56.1 Å². The van der Waals surface area contributed by atoms with Crippen molar-refractivity contribution in [3.63, 3.8) is 0 Å². The van der Waals surface area contributed by atoms with Gasteiger partial charge in [-0.1, -0.05) is 12.1 Å². The van der Waals surface area contributed by atoms with Gasteiger partial charge in [-0.25, -0.2) is 0 Å². The standard InChI is InChI=1S/C21H22N2O3S/c1-25-18-11-17(12-19(13-18)26-2)21(24)23(9-7-20-6-4-10-27-20)15-16-5-3-8-22-14-16/h3-6,8,10-14H,7,9,15H2,1-2H3. The predicted molar refractivity (Wildman–Crippen MR) is 107 cm³/mol. The van der Waals surface area contributed by atoms with Gasteiger partial charge in [-0.05, 0) is 41.6 Å². The van der Waals surface area contributed by atoms with Crippen LogP contribution in [-0.4, -0.2) is 36.6 Å². The number of ether oxygens (including phenoxy) is 2. The second-order valence-corrected chi connectivity index (χ2v) is 7.05. The van der Waals surface area contributed by atoms with Crippen LogP contribution in [0.3, 0.4) is 0 Å². The quantitative estimate of drug-likeness (QED) is 0.590. The van der Waals surface area contributed by atoms with E-state index in [1.165, 1.54) is 4.88 Å². The Kier molecular flexibility index (Phi) is 6.44. The van der Waals surface area contributed by atoms with Crippen molar-refractivity contribution in [1.82, 2.24) is 9.88 Å². The topological polar surface area (TPSA) is 51.7 Å². The molecule has 0 N–H and O–H groups in total. The second-order valence-electron chi connectivity index (χ2n) is 6.02. The van der Waals surface area contributed by atoms with Gasteiger partial charge in [-0.15, -0.1) is 11.3 Å². The number of aromatic nitrogens is 1. The van der Waals surface area contributed by atoms with Crippen LogP contribution in [0.1, 0.15) is 20.8 Å². The summed E-state index contributed by atoms with van der Waals surface area (Å²) in [7, 11) is 3.15. The highest BCUT2D eigenvalue weighted by molar-refractivity contribution is 7.09. The maximum Gasteiger partial charge on any atom is 0.254 e. The van der Waals surface area contributed by atoms with Crippen molar-refractivity contribution >= 4 is 17.2 Å². The third-order valence-corrected chi connectivity index (χ3v) is 5.13. The number of amides is 1. The first-order chi connectivity index (χ1) is 13.2. The molecule has 140 valence electrons. The third-order valence-electron chi connectivity index (χ3n) is 4.19. The summed E-state index contributed by atoms with van der Waals surface area (Å²) in [5.41, 5.74) is 1.54. The van der Waals surface area contributed by atoms with Crippen molar-refractivity contribution in [2.24, 2.45) is 0 Å². The Hall–Kier alpha value is -2.86. The van der Waals surface area contributed by atoms with Gasteiger partial charge in [-0.3, -0.25) is 9.78 Å². The van der Waals surface area contributed by atoms with Gasteiger partial charge in [0.25, 0.3) is 5.91 Å². The highest BCUT2D eigenvalue weighted by Crippen LogP contribution is 2.24. The number of hydrogen-bond acceptors (Lipinski definition) is 5. The largest absolute Gasteiger partial charge is 0.497 e. The Morgan fingerprint density at radius 3 is 2.48 bits per heavy atom. The molecule has 3 aromatic rings. The maximum atomic E-state index is 13.2. The van der Waals surface area contributed by atoms with E-state index in [4.69, 9.17) is 9.47 Å². The number of methoxy groups -OCH3 is 2. The summed E-state index contributed by atoms with van der Waals surface area (Å²) in [6.45, 7) is 1.12. The van der Waals surface area contributed by atoms with Gasteiger partial charge < -0.3 is 14.4 Å². The number of carbonyl (C=O) groups excluding carboxylic acids is 1. The van der Waals surface area contributed by atoms with Crippen LogP contribution in [0.2, 0.25) is 0 Å². The Morgan fingerprint density at radius 2 is 1.89 bits per heavy atom. The van der Waals surface area contributed by atoms with Crippen molar-refractivity contribution in [3.05, 3.63) is 76.2 Å². The summed E-state index contributed by atoms with van der Waals surface area (Å²) < 4.78 is 10.6. The summed E-state index contributed by atoms with van der Waals surface area (Å²) in [6.07, 6.45) is 4.33. The highest BCUT2D eigenvalue weighted by atomic mass is 32.1. The van der Waals surface area contributed by atoms with Crippen LogP contribution < -0.4 is 9.47 Å². The average molecular weight is 382 g/mol. The van der Waals surface area contributed by atoms with Crippen LogP contribution in [-0.2, 0) is 13.0 Å². The minimum absolute atomic E-state index is 0.0624. The lowest BCUT2D eigenvalue weighted by Crippen LogP contribution is -2.32. The minimum Gasteiger partial charge on any atom is -0.497 e. The molecule has 6 heteroatoms. The van der Waals surface area contributed by atoms with E-state index < -0.39 is 0 Å². The molecular formula is C21H22N2O3S. The van der Waals surface area contributed by atoms with Crippen molar-refractivity contribution < 1.29 is 14.3 Å². The molecule has 5 nitrogen and oxygen atoms in total. The highest BCUT2D eigenvalue weighted by Gasteiger charge is 2.18. The molecule has 2 heterocycles. The smallest absolute Gasteiger partial charge is 0.254 e. The molecule has 0 atom stereocenters. The average Bonchev–Trinajstić information content (AvgIpc) is 3.24. The van der Waals surface area contributed by atoms with Crippen LogP contribution in [0.25, 0.3) is 0 Å². The lowest BCUT2D eigenvalue weighted by molar-refractivity contribution is 0.0744. The summed E-state index contributed by atoms with van der Waals surface area (Å²) in [6, 6.07) is 13.2. The Bertz CT molecular complexity index is 844. The number of rotatable bonds is 8. The molecule has 0 saturated carbocycles. The zero-order chi connectivity index (χ0) is 19.1. The SMILES string of the molecule is COc1cc(OC)cc(C(=O)N(CCc2cccs2)Cc2cccnc2)c1. The fourth-order valence-electron chi connectivity index (χ4n) is 2.78. The summed E-state index contributed by atoms with van der Waals surface area (Å²) >= 11 is 1.70. The number of thiophene rings is 1. The van der Waals surface area contributed by atoms with Crippen LogP contribution in [0, 0.1) is 0 Å². The fourth-order valence-corrected chi connectivity index (χ4v) is 3.48. The lowest BCUT2D eigenvalue weighted by atomic mass is 10.1. The number of nitrogens with zero attached hydrogens (tertiary/aromatic N) is 2. The lowest BCUT2D eigenvalue weighted by Gasteiger charge is -2.23. The van der Waals surface area contributed by atoms with E-state index in [-0.39, 0.29) is 5.91 Å². The zero-order valence-electron chi connectivity index (χ0n) is 15.4. The second kappa shape index (κ2) is 9.19. The molecule has 0 unspecified atom stereocenters. The summed E-state index contributed by atoms with van der Waals surface area (Å²) in [4.78, 5) is 20.5. The van der Waals surface area contributed by atoms with Crippen molar-refractivity contribution in [2.75, 3.05) is 20.8 Å². The monoisotopic (exact) mass is 382 g/mol. The molecule has 1 amide bonds. The van der Waals surface area contributed by atoms with E-state index >= 15 is 0 Å². The molecule has 27 heavy (non-hydrogen) atoms. The van der Waals surface area contributed by atoms with Crippen molar-refractivity contribution in [3.8, 4) is 11.5 Å². The van der Waals surface area contributed by atoms with Crippen molar-refractivity contribution in [1.29, 1.82) is 0 Å². The molecule has 0 saturated heterocycles. The molecule has 0 bridgehead atoms. The Morgan fingerprint density at radius 1 is 1.11 bits per heavy atom. The molecule has 2 aromatic heterocycles. The molecule has 0 spiro atoms. The first kappa shape index (κ1) is 18.9. The number of benzene rings is 1. The minimum atomic E-state index is -0.0624. The molecule has 0 fully saturated rings. The molecule has 0 aliphatic heterocycles. The van der Waals surface area contributed by atoms with Gasteiger partial charge in [0.05, 0.1) is 14.2 Å². The molecule has 0 radical (unpaired) electrons. The number of carbonyl (C=O) groups is 1. The van der Waals surface area contributed by atoms with Gasteiger partial charge in [0, 0.05) is 42.0 Å². The van der Waals surface area contributed by atoms with Gasteiger partial charge in [0.1, 0.15) is 11.5 Å². The van der Waals surface area contributed by atoms with E-state index in [2.05, 4.69) is 16.4 Å². The predicted octanol–water partition coefficient (Wildman–Crippen LogP) is 4.05. The molecule has 0 aliphatic rings. The zero-order valence-corrected chi connectivity index (χ0v) is 16.2. The molecule has 0 aliphatic carbocycles. The summed E-state index contributed by atoms with van der Waals surface area (Å²) in [5.74, 6) is 1.13. The van der Waals surface area contributed by atoms with Gasteiger partial charge in [0.2, 0.25) is 0 Å². The first-order valence-electron chi connectivity index (χ1n) is 8.63. The van der Waals surface area contributed by atoms with E-state index in [0.717, 1.165) is 12.0 Å². The number of pyridine rings is 1. The number of hydrogen-bond donors (Lipinski definition) is 0. The van der Waals surface area contributed by atoms with Crippen LogP contribution in [0.4, 0.5) is 0 Å². The van der Waals surface area contributed by atoms with E-state index in [9.17, 15) is 4.79 Å². The van der Waals surface area contributed by atoms with Crippen LogP contribution in [0.15, 0.2) is 60.2 Å². The van der Waals surface area contributed by atoms with Crippen molar-refractivity contribution in [2.45, 2.75) is 13.0 Å². The van der Waals surface area contributed by atoms with E-state index in [0.29, 0.717) is 30.2 Å². The Labute approximate surface area is 163 Å². The van der Waals surface area contributed by atoms with Crippen LogP contribution in [0.5, 0.6) is 11.5 Å². The normalized spacial score (nSPS) is 10.4. The first-order valence-corrected chi connectivity index (χ1v) is 9.51. The molecule has 1 aromatic carbocycles. The van der Waals surface area contributed by atoms with Gasteiger partial charge >= 0.3 is 0 Å². The van der Waals surface area contributed by atoms with Gasteiger partial charge in [0.15, 0.2) is 0 Å². The van der Waals surface area contributed by atoms with Gasteiger partial charge in [-0.2, -0.15) is 0 Å². The molecule has 3 rings (SSSR count). The molecular weight excluding hydrogens is 360 g/mol. The maximum absolute atomic E-state index is 13.2. The van der Waals surface area contributed by atoms with Crippen LogP contribution >= 0.6 is 11.3 Å². The fraction of sp³-hybridized carbons (Fsp3) is 0.238. The van der Waals surface area contributed by atoms with E-state index in [1.807, 2.05) is 23.1 Å². The summed E-state index contributed by atoms with van der Waals surface area (Å²) in [5, 5.41) is 2.05. The third kappa shape index (κ3) is 5.08. The Balaban J connectivity index is 1.85.